The molecule has 0 amide bonds. The van der Waals surface area contributed by atoms with Crippen LogP contribution in [0.1, 0.15) is 45.8 Å². The fourth-order valence-electron chi connectivity index (χ4n) is 4.90. The fourth-order valence-corrected chi connectivity index (χ4v) is 6.90. The number of carbonyl (C=O) groups is 1. The van der Waals surface area contributed by atoms with Crippen LogP contribution in [0.5, 0.6) is 11.6 Å². The van der Waals surface area contributed by atoms with Gasteiger partial charge in [0.2, 0.25) is 0 Å². The summed E-state index contributed by atoms with van der Waals surface area (Å²) in [4.78, 5) is 26.1. The molecule has 4 heterocycles. The number of hydrogen-bond acceptors (Lipinski definition) is 13. The quantitative estimate of drug-likeness (QED) is 0.131. The first-order valence-corrected chi connectivity index (χ1v) is 18.4. The van der Waals surface area contributed by atoms with Crippen molar-refractivity contribution in [3.63, 3.8) is 0 Å². The number of hydrogen-bond donors (Lipinski definition) is 4. The van der Waals surface area contributed by atoms with E-state index in [2.05, 4.69) is 23.2 Å². The van der Waals surface area contributed by atoms with Crippen LogP contribution in [0.4, 0.5) is 5.95 Å². The molecule has 1 aromatic carbocycles. The first-order chi connectivity index (χ1) is 21.6. The van der Waals surface area contributed by atoms with Crippen molar-refractivity contribution >= 4 is 56.9 Å². The van der Waals surface area contributed by atoms with Gasteiger partial charge in [0.25, 0.3) is 0 Å². The van der Waals surface area contributed by atoms with E-state index >= 15 is 0 Å². The zero-order chi connectivity index (χ0) is 32.0. The summed E-state index contributed by atoms with van der Waals surface area (Å²) < 4.78 is 47.4. The van der Waals surface area contributed by atoms with Crippen LogP contribution in [-0.4, -0.2) is 105 Å². The number of benzene rings is 1. The molecule has 2 aliphatic heterocycles. The van der Waals surface area contributed by atoms with Crippen LogP contribution in [0.3, 0.4) is 0 Å². The van der Waals surface area contributed by atoms with Crippen LogP contribution in [0.25, 0.3) is 11.2 Å². The van der Waals surface area contributed by atoms with Gasteiger partial charge in [0.15, 0.2) is 0 Å². The minimum atomic E-state index is -4.25. The molecule has 4 N–H and O–H groups in total. The average molecular weight is 836 g/mol. The average Bonchev–Trinajstić information content (AvgIpc) is 3.54. The van der Waals surface area contributed by atoms with Crippen molar-refractivity contribution in [2.75, 3.05) is 22.9 Å². The molecule has 2 aliphatic rings. The van der Waals surface area contributed by atoms with Gasteiger partial charge in [-0.1, -0.05) is 18.2 Å². The molecular formula is C28H36N6O9PTl. The summed E-state index contributed by atoms with van der Waals surface area (Å²) in [7, 11) is -4.25. The Kier molecular flexibility index (Phi) is 11.1. The second-order valence-electron chi connectivity index (χ2n) is 10.8. The molecule has 1 fully saturated rings. The van der Waals surface area contributed by atoms with Gasteiger partial charge < -0.3 is 4.74 Å². The van der Waals surface area contributed by atoms with Gasteiger partial charge in [-0.15, -0.1) is 0 Å². The van der Waals surface area contributed by atoms with Gasteiger partial charge in [-0.25, -0.2) is 0 Å². The monoisotopic (exact) mass is 836 g/mol. The molecule has 2 aromatic heterocycles. The molecule has 17 heteroatoms. The van der Waals surface area contributed by atoms with Crippen molar-refractivity contribution in [2.24, 2.45) is 0 Å². The van der Waals surface area contributed by atoms with Crippen molar-refractivity contribution in [3.05, 3.63) is 48.8 Å². The topological polar surface area (TPSA) is 188 Å². The van der Waals surface area contributed by atoms with Gasteiger partial charge in [0.1, 0.15) is 11.8 Å². The number of rotatable bonds is 3. The third kappa shape index (κ3) is 8.01. The maximum absolute atomic E-state index is 14.0. The number of allylic oxidation sites excluding steroid dienone is 1. The van der Waals surface area contributed by atoms with E-state index in [0.717, 1.165) is 12.8 Å². The van der Waals surface area contributed by atoms with Gasteiger partial charge in [0, 0.05) is 0 Å². The Labute approximate surface area is 276 Å². The Balaban J connectivity index is 1.45. The number of para-hydroxylation sites is 1. The number of cyclic esters (lactones) is 1. The number of nitrogens with zero attached hydrogens (tertiary/aromatic N) is 4. The summed E-state index contributed by atoms with van der Waals surface area (Å²) in [6.45, 7) is 2.97. The van der Waals surface area contributed by atoms with Crippen molar-refractivity contribution < 1.29 is 42.8 Å². The summed E-state index contributed by atoms with van der Waals surface area (Å²) in [5.41, 5.74) is -1.17. The van der Waals surface area contributed by atoms with Crippen LogP contribution in [-0.2, 0) is 23.4 Å². The van der Waals surface area contributed by atoms with Crippen molar-refractivity contribution in [2.45, 2.75) is 69.6 Å². The number of aromatic nitrogens is 4. The molecule has 0 saturated carbocycles. The number of aliphatic hydroxyl groups is 2. The number of esters is 1. The maximum atomic E-state index is 14.0. The second kappa shape index (κ2) is 14.8. The van der Waals surface area contributed by atoms with Gasteiger partial charge in [-0.3, -0.25) is 4.79 Å². The summed E-state index contributed by atoms with van der Waals surface area (Å²) in [5, 5.41) is 25.2. The van der Waals surface area contributed by atoms with Crippen molar-refractivity contribution in [3.8, 4) is 11.6 Å². The Morgan fingerprint density at radius 1 is 1.16 bits per heavy atom. The molecule has 0 spiro atoms. The molecule has 5 rings (SSSR count). The first kappa shape index (κ1) is 33.7. The molecule has 15 nitrogen and oxygen atoms in total. The zero-order valence-electron chi connectivity index (χ0n) is 24.9. The Hall–Kier alpha value is -2.67. The van der Waals surface area contributed by atoms with Crippen LogP contribution in [0, 0.1) is 0 Å². The van der Waals surface area contributed by atoms with Crippen LogP contribution < -0.4 is 17.5 Å². The molecule has 45 heavy (non-hydrogen) atoms. The number of anilines is 1. The van der Waals surface area contributed by atoms with Crippen LogP contribution in [0.15, 0.2) is 48.8 Å². The van der Waals surface area contributed by atoms with E-state index in [1.54, 1.807) is 30.3 Å². The first-order valence-electron chi connectivity index (χ1n) is 14.6. The van der Waals surface area contributed by atoms with Gasteiger partial charge in [-0.2, -0.15) is 0 Å². The zero-order valence-corrected chi connectivity index (χ0v) is 30.3. The normalized spacial score (nSPS) is 31.1. The third-order valence-corrected chi connectivity index (χ3v) is 9.96. The van der Waals surface area contributed by atoms with Gasteiger partial charge >= 0.3 is 212 Å². The SMILES string of the molecule is C[C@@H]1NP(=O)(Oc2ccccc2)OCC2OC(n3cnc4c(nc([NH][Tl])nc43)OCC/C=C/CCCCOC1=O)[C@](C)(O)[C@@H]2O. The van der Waals surface area contributed by atoms with E-state index in [1.165, 1.54) is 24.7 Å². The number of carbonyl (C=O) groups excluding carboxylic acids is 1. The predicted octanol–water partition coefficient (Wildman–Crippen LogP) is 2.57. The molecule has 6 bridgehead atoms. The minimum absolute atomic E-state index is 0.193. The summed E-state index contributed by atoms with van der Waals surface area (Å²) in [6.07, 6.45) is 4.54. The van der Waals surface area contributed by atoms with Crippen molar-refractivity contribution in [1.29, 1.82) is 0 Å². The van der Waals surface area contributed by atoms with E-state index in [4.69, 9.17) is 23.3 Å². The Morgan fingerprint density at radius 2 is 1.93 bits per heavy atom. The van der Waals surface area contributed by atoms with Gasteiger partial charge in [0.05, 0.1) is 6.61 Å². The van der Waals surface area contributed by atoms with E-state index in [-0.39, 0.29) is 18.2 Å². The standard InChI is InChI=1S/C28H36N6O9P.Tl/c1-18-25(36)40-15-11-6-4-3-5-10-14-39-24-21-23(31-27(29)32-24)34(17-30-21)26-28(2,37)22(35)20(42-26)16-41-44(38,33-18)43-19-12-8-7-9-13-19;/h3,5,7-9,12-13,17-18,20,22,26,35,37H,4,6,10-11,14-16H2,1-2H3,(H2-,29,31,32,33,38);/q-1;+1/b5-3+;/t18-,20?,22+,26?,28+,44?;/m0./s1. The fraction of sp³-hybridized carbons (Fsp3) is 0.500. The van der Waals surface area contributed by atoms with E-state index in [0.29, 0.717) is 62.6 Å². The van der Waals surface area contributed by atoms with E-state index in [1.807, 2.05) is 12.2 Å². The van der Waals surface area contributed by atoms with Crippen LogP contribution >= 0.6 is 7.75 Å². The number of nitrogens with one attached hydrogen (secondary N) is 2. The second-order valence-corrected chi connectivity index (χ2v) is 13.7. The Bertz CT molecular complexity index is 1540. The van der Waals surface area contributed by atoms with Crippen molar-refractivity contribution in [1.82, 2.24) is 24.6 Å². The number of fused-ring (bicyclic) bond motifs is 3. The number of aliphatic hydroxyl groups excluding tert-OH is 1. The summed E-state index contributed by atoms with van der Waals surface area (Å²) in [6, 6.07) is 7.26. The molecule has 240 valence electrons. The number of ether oxygens (including phenoxy) is 3. The molecule has 0 radical (unpaired) electrons. The van der Waals surface area contributed by atoms with Crippen LogP contribution in [0.2, 0.25) is 0 Å². The number of imidazole rings is 1. The molecule has 3 aromatic rings. The molecule has 1 saturated heterocycles. The molecule has 0 aliphatic carbocycles. The van der Waals surface area contributed by atoms with Gasteiger partial charge in [-0.05, 0) is 19.1 Å². The predicted molar refractivity (Wildman–Crippen MR) is 163 cm³/mol. The third-order valence-electron chi connectivity index (χ3n) is 7.31. The summed E-state index contributed by atoms with van der Waals surface area (Å²) >= 11 is 0.343. The molecule has 3 unspecified atom stereocenters. The summed E-state index contributed by atoms with van der Waals surface area (Å²) in [5.74, 6) is 0.202. The van der Waals surface area contributed by atoms with E-state index in [9.17, 15) is 19.6 Å². The van der Waals surface area contributed by atoms with E-state index < -0.39 is 50.4 Å². The molecular weight excluding hydrogens is 800 g/mol. The Morgan fingerprint density at radius 3 is 2.71 bits per heavy atom. The molecule has 6 atom stereocenters.